The molecular weight excluding hydrogens is 286 g/mol. The molecule has 3 nitrogen and oxygen atoms in total. The van der Waals surface area contributed by atoms with Crippen LogP contribution >= 0.6 is 23.6 Å². The highest BCUT2D eigenvalue weighted by Crippen LogP contribution is 2.41. The van der Waals surface area contributed by atoms with Crippen LogP contribution in [0, 0.1) is 0 Å². The van der Waals surface area contributed by atoms with Crippen LogP contribution in [-0.2, 0) is 0 Å². The van der Waals surface area contributed by atoms with Gasteiger partial charge in [0.05, 0.1) is 17.8 Å². The number of thiophene rings is 1. The normalized spacial score (nSPS) is 22.4. The second kappa shape index (κ2) is 5.50. The van der Waals surface area contributed by atoms with Crippen molar-refractivity contribution in [2.75, 3.05) is 0 Å². The third-order valence-corrected chi connectivity index (χ3v) is 4.80. The number of hydrogen-bond donors (Lipinski definition) is 1. The van der Waals surface area contributed by atoms with Gasteiger partial charge in [0.25, 0.3) is 0 Å². The molecule has 3 heterocycles. The van der Waals surface area contributed by atoms with Gasteiger partial charge in [-0.05, 0) is 49.6 Å². The summed E-state index contributed by atoms with van der Waals surface area (Å²) in [5.74, 6) is 0. The van der Waals surface area contributed by atoms with E-state index in [0.29, 0.717) is 6.04 Å². The molecule has 3 rings (SSSR count). The summed E-state index contributed by atoms with van der Waals surface area (Å²) in [6.45, 7) is 4.35. The smallest absolute Gasteiger partial charge is 0.170 e. The summed E-state index contributed by atoms with van der Waals surface area (Å²) in [4.78, 5) is 8.10. The molecule has 5 heteroatoms. The maximum Gasteiger partial charge on any atom is 0.170 e. The number of thiocarbonyl (C=S) groups is 1. The molecule has 2 aromatic rings. The summed E-state index contributed by atoms with van der Waals surface area (Å²) >= 11 is 7.31. The van der Waals surface area contributed by atoms with Gasteiger partial charge in [-0.25, -0.2) is 0 Å². The number of nitrogens with one attached hydrogen (secondary N) is 1. The molecule has 1 N–H and O–H groups in total. The molecule has 2 aromatic heterocycles. The van der Waals surface area contributed by atoms with E-state index in [1.54, 1.807) is 11.3 Å². The van der Waals surface area contributed by atoms with Crippen molar-refractivity contribution in [3.63, 3.8) is 0 Å². The van der Waals surface area contributed by atoms with E-state index in [-0.39, 0.29) is 12.1 Å². The van der Waals surface area contributed by atoms with Gasteiger partial charge in [-0.2, -0.15) is 0 Å². The van der Waals surface area contributed by atoms with Crippen LogP contribution in [0.5, 0.6) is 0 Å². The number of nitrogens with zero attached hydrogens (tertiary/aromatic N) is 2. The van der Waals surface area contributed by atoms with Gasteiger partial charge in [0.2, 0.25) is 0 Å². The highest BCUT2D eigenvalue weighted by atomic mass is 32.1. The van der Waals surface area contributed by atoms with Gasteiger partial charge < -0.3 is 10.2 Å². The molecule has 0 aromatic carbocycles. The SMILES string of the molecule is CC(C)N1C(=S)NC(c2ccccn2)C1c1cccs1. The average Bonchev–Trinajstić information content (AvgIpc) is 3.06. The highest BCUT2D eigenvalue weighted by Gasteiger charge is 2.41. The van der Waals surface area contributed by atoms with Crippen LogP contribution in [0.25, 0.3) is 0 Å². The van der Waals surface area contributed by atoms with E-state index in [4.69, 9.17) is 12.2 Å². The predicted octanol–water partition coefficient (Wildman–Crippen LogP) is 3.52. The van der Waals surface area contributed by atoms with Gasteiger partial charge in [-0.1, -0.05) is 12.1 Å². The first-order chi connectivity index (χ1) is 9.68. The Balaban J connectivity index is 2.03. The Hall–Kier alpha value is -1.46. The van der Waals surface area contributed by atoms with Crippen LogP contribution in [-0.4, -0.2) is 21.0 Å². The number of rotatable bonds is 3. The molecule has 0 spiro atoms. The van der Waals surface area contributed by atoms with Crippen LogP contribution in [0.1, 0.15) is 36.5 Å². The Morgan fingerprint density at radius 3 is 2.75 bits per heavy atom. The lowest BCUT2D eigenvalue weighted by molar-refractivity contribution is 0.273. The molecule has 1 aliphatic rings. The van der Waals surface area contributed by atoms with E-state index >= 15 is 0 Å². The summed E-state index contributed by atoms with van der Waals surface area (Å²) in [7, 11) is 0. The predicted molar refractivity (Wildman–Crippen MR) is 86.7 cm³/mol. The van der Waals surface area contributed by atoms with Crippen LogP contribution in [0.15, 0.2) is 41.9 Å². The minimum absolute atomic E-state index is 0.116. The summed E-state index contributed by atoms with van der Waals surface area (Å²) in [6.07, 6.45) is 1.84. The molecule has 0 saturated carbocycles. The zero-order valence-corrected chi connectivity index (χ0v) is 13.1. The van der Waals surface area contributed by atoms with Gasteiger partial charge in [-0.15, -0.1) is 11.3 Å². The largest absolute Gasteiger partial charge is 0.352 e. The van der Waals surface area contributed by atoms with Crippen molar-refractivity contribution >= 4 is 28.7 Å². The number of aromatic nitrogens is 1. The molecule has 104 valence electrons. The fourth-order valence-electron chi connectivity index (χ4n) is 2.69. The second-order valence-corrected chi connectivity index (χ2v) is 6.51. The highest BCUT2D eigenvalue weighted by molar-refractivity contribution is 7.80. The summed E-state index contributed by atoms with van der Waals surface area (Å²) < 4.78 is 0. The minimum atomic E-state index is 0.116. The Labute approximate surface area is 128 Å². The Morgan fingerprint density at radius 1 is 1.30 bits per heavy atom. The molecule has 1 aliphatic heterocycles. The molecule has 2 atom stereocenters. The van der Waals surface area contributed by atoms with Crippen molar-refractivity contribution in [3.05, 3.63) is 52.5 Å². The lowest BCUT2D eigenvalue weighted by Gasteiger charge is -2.30. The molecule has 1 saturated heterocycles. The molecule has 0 radical (unpaired) electrons. The van der Waals surface area contributed by atoms with E-state index in [1.807, 2.05) is 18.3 Å². The van der Waals surface area contributed by atoms with E-state index in [0.717, 1.165) is 10.8 Å². The van der Waals surface area contributed by atoms with Crippen molar-refractivity contribution in [1.82, 2.24) is 15.2 Å². The van der Waals surface area contributed by atoms with Crippen molar-refractivity contribution in [1.29, 1.82) is 0 Å². The summed E-state index contributed by atoms with van der Waals surface area (Å²) in [6, 6.07) is 11.0. The van der Waals surface area contributed by atoms with E-state index in [1.165, 1.54) is 4.88 Å². The minimum Gasteiger partial charge on any atom is -0.352 e. The third-order valence-electron chi connectivity index (χ3n) is 3.53. The van der Waals surface area contributed by atoms with E-state index in [9.17, 15) is 0 Å². The third kappa shape index (κ3) is 2.31. The zero-order valence-electron chi connectivity index (χ0n) is 11.5. The Morgan fingerprint density at radius 2 is 2.15 bits per heavy atom. The summed E-state index contributed by atoms with van der Waals surface area (Å²) in [5, 5.41) is 6.37. The Kier molecular flexibility index (Phi) is 3.72. The van der Waals surface area contributed by atoms with Crippen molar-refractivity contribution in [3.8, 4) is 0 Å². The van der Waals surface area contributed by atoms with Gasteiger partial charge in [0, 0.05) is 17.1 Å². The van der Waals surface area contributed by atoms with E-state index in [2.05, 4.69) is 52.6 Å². The molecule has 0 amide bonds. The number of pyridine rings is 1. The van der Waals surface area contributed by atoms with Crippen LogP contribution in [0.2, 0.25) is 0 Å². The van der Waals surface area contributed by atoms with Crippen LogP contribution in [0.3, 0.4) is 0 Å². The molecular formula is C15H17N3S2. The monoisotopic (exact) mass is 303 g/mol. The van der Waals surface area contributed by atoms with Crippen molar-refractivity contribution < 1.29 is 0 Å². The quantitative estimate of drug-likeness (QED) is 0.878. The lowest BCUT2D eigenvalue weighted by Crippen LogP contribution is -2.35. The molecule has 1 fully saturated rings. The van der Waals surface area contributed by atoms with Gasteiger partial charge >= 0.3 is 0 Å². The van der Waals surface area contributed by atoms with Crippen molar-refractivity contribution in [2.45, 2.75) is 32.0 Å². The lowest BCUT2D eigenvalue weighted by atomic mass is 10.0. The first-order valence-corrected chi connectivity index (χ1v) is 8.00. The standard InChI is InChI=1S/C15H17N3S2/c1-10(2)18-14(12-7-5-9-20-12)13(17-15(18)19)11-6-3-4-8-16-11/h3-10,13-14H,1-2H3,(H,17,19). The number of hydrogen-bond acceptors (Lipinski definition) is 3. The second-order valence-electron chi connectivity index (χ2n) is 5.14. The van der Waals surface area contributed by atoms with Crippen molar-refractivity contribution in [2.24, 2.45) is 0 Å². The maximum absolute atomic E-state index is 5.54. The Bertz CT molecular complexity index is 580. The maximum atomic E-state index is 5.54. The topological polar surface area (TPSA) is 28.2 Å². The van der Waals surface area contributed by atoms with Crippen LogP contribution in [0.4, 0.5) is 0 Å². The van der Waals surface area contributed by atoms with Crippen LogP contribution < -0.4 is 5.32 Å². The molecule has 0 bridgehead atoms. The average molecular weight is 303 g/mol. The van der Waals surface area contributed by atoms with E-state index < -0.39 is 0 Å². The first-order valence-electron chi connectivity index (χ1n) is 6.71. The molecule has 0 aliphatic carbocycles. The van der Waals surface area contributed by atoms with Gasteiger partial charge in [-0.3, -0.25) is 4.98 Å². The first kappa shape index (κ1) is 13.5. The summed E-state index contributed by atoms with van der Waals surface area (Å²) in [5.41, 5.74) is 1.04. The molecule has 20 heavy (non-hydrogen) atoms. The fourth-order valence-corrected chi connectivity index (χ4v) is 4.00. The molecule has 2 unspecified atom stereocenters. The fraction of sp³-hybridized carbons (Fsp3) is 0.333. The van der Waals surface area contributed by atoms with Gasteiger partial charge in [0.15, 0.2) is 5.11 Å². The van der Waals surface area contributed by atoms with Gasteiger partial charge in [0.1, 0.15) is 0 Å². The zero-order chi connectivity index (χ0) is 14.1.